The molecule has 0 aliphatic carbocycles. The third kappa shape index (κ3) is 4.24. The number of aromatic hydroxyl groups is 1. The molecule has 1 N–H and O–H groups in total. The molecule has 0 radical (unpaired) electrons. The lowest BCUT2D eigenvalue weighted by Gasteiger charge is -2.08. The summed E-state index contributed by atoms with van der Waals surface area (Å²) in [7, 11) is 0. The largest absolute Gasteiger partial charge is 0.507 e. The average molecular weight is 428 g/mol. The third-order valence-corrected chi connectivity index (χ3v) is 5.12. The molecule has 0 bridgehead atoms. The van der Waals surface area contributed by atoms with Gasteiger partial charge in [-0.1, -0.05) is 70.2 Å². The summed E-state index contributed by atoms with van der Waals surface area (Å²) in [5.74, 6) is 6.69. The SMILES string of the molecule is Oc1c(Cc2ccccc2)cnc2ccc(C#CCc3ccc(Br)cc3)cc12. The van der Waals surface area contributed by atoms with Crippen LogP contribution in [0.4, 0.5) is 0 Å². The van der Waals surface area contributed by atoms with Crippen LogP contribution >= 0.6 is 15.9 Å². The molecule has 4 rings (SSSR count). The number of rotatable bonds is 3. The van der Waals surface area contributed by atoms with Crippen LogP contribution in [0.1, 0.15) is 22.3 Å². The van der Waals surface area contributed by atoms with Gasteiger partial charge in [0.25, 0.3) is 0 Å². The fourth-order valence-electron chi connectivity index (χ4n) is 3.09. The van der Waals surface area contributed by atoms with E-state index in [1.165, 1.54) is 5.56 Å². The highest BCUT2D eigenvalue weighted by Gasteiger charge is 2.09. The van der Waals surface area contributed by atoms with Gasteiger partial charge in [0.15, 0.2) is 0 Å². The predicted octanol–water partition coefficient (Wildman–Crippen LogP) is 5.89. The van der Waals surface area contributed by atoms with Crippen molar-refractivity contribution < 1.29 is 5.11 Å². The van der Waals surface area contributed by atoms with Crippen molar-refractivity contribution in [2.24, 2.45) is 0 Å². The lowest BCUT2D eigenvalue weighted by atomic mass is 10.0. The average Bonchev–Trinajstić information content (AvgIpc) is 2.73. The number of fused-ring (bicyclic) bond motifs is 1. The molecular weight excluding hydrogens is 410 g/mol. The molecule has 3 heteroatoms. The van der Waals surface area contributed by atoms with Crippen molar-refractivity contribution in [1.82, 2.24) is 4.98 Å². The van der Waals surface area contributed by atoms with Gasteiger partial charge < -0.3 is 5.11 Å². The summed E-state index contributed by atoms with van der Waals surface area (Å²) in [5, 5.41) is 11.5. The monoisotopic (exact) mass is 427 g/mol. The molecule has 0 amide bonds. The van der Waals surface area contributed by atoms with Gasteiger partial charge in [0, 0.05) is 40.0 Å². The standard InChI is InChI=1S/C25H18BrNO/c26-22-12-9-18(10-13-22)7-4-8-20-11-14-24-23(16-20)25(28)21(17-27-24)15-19-5-2-1-3-6-19/h1-3,5-6,9-14,16-17H,7,15H2,(H,27,28). The Balaban J connectivity index is 1.60. The Morgan fingerprint density at radius 3 is 2.46 bits per heavy atom. The van der Waals surface area contributed by atoms with Crippen molar-refractivity contribution in [3.05, 3.63) is 106 Å². The maximum atomic E-state index is 10.8. The molecular formula is C25H18BrNO. The zero-order valence-corrected chi connectivity index (χ0v) is 16.8. The van der Waals surface area contributed by atoms with Crippen LogP contribution in [0.5, 0.6) is 5.75 Å². The van der Waals surface area contributed by atoms with Crippen LogP contribution in [-0.4, -0.2) is 10.1 Å². The van der Waals surface area contributed by atoms with Gasteiger partial charge in [0.2, 0.25) is 0 Å². The van der Waals surface area contributed by atoms with E-state index in [0.29, 0.717) is 12.8 Å². The van der Waals surface area contributed by atoms with E-state index in [9.17, 15) is 5.11 Å². The molecule has 2 nitrogen and oxygen atoms in total. The topological polar surface area (TPSA) is 33.1 Å². The second-order valence-corrected chi connectivity index (χ2v) is 7.55. The van der Waals surface area contributed by atoms with Crippen molar-refractivity contribution >= 4 is 26.8 Å². The first-order valence-electron chi connectivity index (χ1n) is 9.07. The Morgan fingerprint density at radius 2 is 1.68 bits per heavy atom. The first kappa shape index (κ1) is 18.3. The molecule has 3 aromatic carbocycles. The molecule has 0 unspecified atom stereocenters. The number of hydrogen-bond donors (Lipinski definition) is 1. The zero-order valence-electron chi connectivity index (χ0n) is 15.2. The highest BCUT2D eigenvalue weighted by atomic mass is 79.9. The molecule has 0 spiro atoms. The first-order valence-corrected chi connectivity index (χ1v) is 9.86. The predicted molar refractivity (Wildman–Crippen MR) is 117 cm³/mol. The zero-order chi connectivity index (χ0) is 19.3. The minimum atomic E-state index is 0.283. The fourth-order valence-corrected chi connectivity index (χ4v) is 3.36. The summed E-state index contributed by atoms with van der Waals surface area (Å²) in [6.45, 7) is 0. The second kappa shape index (κ2) is 8.29. The molecule has 28 heavy (non-hydrogen) atoms. The van der Waals surface area contributed by atoms with Crippen LogP contribution in [0.25, 0.3) is 10.9 Å². The number of benzene rings is 3. The highest BCUT2D eigenvalue weighted by Crippen LogP contribution is 2.29. The van der Waals surface area contributed by atoms with E-state index < -0.39 is 0 Å². The third-order valence-electron chi connectivity index (χ3n) is 4.59. The molecule has 0 aliphatic rings. The summed E-state index contributed by atoms with van der Waals surface area (Å²) in [6, 6.07) is 24.0. The van der Waals surface area contributed by atoms with Gasteiger partial charge in [0.1, 0.15) is 5.75 Å². The van der Waals surface area contributed by atoms with Gasteiger partial charge in [-0.15, -0.1) is 0 Å². The van der Waals surface area contributed by atoms with E-state index in [4.69, 9.17) is 0 Å². The molecule has 1 aromatic heterocycles. The maximum Gasteiger partial charge on any atom is 0.130 e. The summed E-state index contributed by atoms with van der Waals surface area (Å²) in [5.41, 5.74) is 4.78. The van der Waals surface area contributed by atoms with Crippen LogP contribution in [0, 0.1) is 11.8 Å². The molecule has 1 heterocycles. The Hall–Kier alpha value is -3.09. The lowest BCUT2D eigenvalue weighted by molar-refractivity contribution is 0.475. The highest BCUT2D eigenvalue weighted by molar-refractivity contribution is 9.10. The Kier molecular flexibility index (Phi) is 5.41. The normalized spacial score (nSPS) is 10.5. The number of pyridine rings is 1. The Bertz CT molecular complexity index is 1170. The minimum Gasteiger partial charge on any atom is -0.507 e. The number of halogens is 1. The van der Waals surface area contributed by atoms with Gasteiger partial charge in [-0.25, -0.2) is 0 Å². The molecule has 136 valence electrons. The van der Waals surface area contributed by atoms with E-state index >= 15 is 0 Å². The van der Waals surface area contributed by atoms with Crippen molar-refractivity contribution in [2.45, 2.75) is 12.8 Å². The van der Waals surface area contributed by atoms with Crippen LogP contribution in [0.2, 0.25) is 0 Å². The summed E-state index contributed by atoms with van der Waals surface area (Å²) in [4.78, 5) is 4.50. The van der Waals surface area contributed by atoms with Crippen LogP contribution in [0.15, 0.2) is 83.5 Å². The second-order valence-electron chi connectivity index (χ2n) is 6.63. The smallest absolute Gasteiger partial charge is 0.130 e. The Morgan fingerprint density at radius 1 is 0.893 bits per heavy atom. The molecule has 0 aliphatic heterocycles. The van der Waals surface area contributed by atoms with Crippen molar-refractivity contribution in [3.8, 4) is 17.6 Å². The first-order chi connectivity index (χ1) is 13.7. The molecule has 0 fully saturated rings. The molecule has 0 saturated carbocycles. The number of aromatic nitrogens is 1. The van der Waals surface area contributed by atoms with Gasteiger partial charge in [-0.05, 0) is 41.5 Å². The van der Waals surface area contributed by atoms with Gasteiger partial charge >= 0.3 is 0 Å². The van der Waals surface area contributed by atoms with E-state index in [1.807, 2.05) is 60.7 Å². The van der Waals surface area contributed by atoms with Crippen molar-refractivity contribution in [3.63, 3.8) is 0 Å². The fraction of sp³-hybridized carbons (Fsp3) is 0.0800. The van der Waals surface area contributed by atoms with E-state index in [-0.39, 0.29) is 5.75 Å². The van der Waals surface area contributed by atoms with Gasteiger partial charge in [-0.2, -0.15) is 0 Å². The quantitative estimate of drug-likeness (QED) is 0.413. The van der Waals surface area contributed by atoms with Crippen LogP contribution in [0.3, 0.4) is 0 Å². The summed E-state index contributed by atoms with van der Waals surface area (Å²) < 4.78 is 1.06. The summed E-state index contributed by atoms with van der Waals surface area (Å²) >= 11 is 3.44. The van der Waals surface area contributed by atoms with E-state index in [0.717, 1.165) is 32.1 Å². The van der Waals surface area contributed by atoms with E-state index in [1.54, 1.807) is 6.20 Å². The Labute approximate surface area is 173 Å². The van der Waals surface area contributed by atoms with Crippen molar-refractivity contribution in [2.75, 3.05) is 0 Å². The number of nitrogens with zero attached hydrogens (tertiary/aromatic N) is 1. The maximum absolute atomic E-state index is 10.8. The molecule has 0 saturated heterocycles. The van der Waals surface area contributed by atoms with Crippen LogP contribution in [-0.2, 0) is 12.8 Å². The molecule has 4 aromatic rings. The summed E-state index contributed by atoms with van der Waals surface area (Å²) in [6.07, 6.45) is 3.09. The minimum absolute atomic E-state index is 0.283. The van der Waals surface area contributed by atoms with Gasteiger partial charge in [-0.3, -0.25) is 4.98 Å². The van der Waals surface area contributed by atoms with Crippen LogP contribution < -0.4 is 0 Å². The number of hydrogen-bond acceptors (Lipinski definition) is 2. The van der Waals surface area contributed by atoms with Gasteiger partial charge in [0.05, 0.1) is 5.52 Å². The van der Waals surface area contributed by atoms with E-state index in [2.05, 4.69) is 44.9 Å². The van der Waals surface area contributed by atoms with Crippen molar-refractivity contribution in [1.29, 1.82) is 0 Å². The lowest BCUT2D eigenvalue weighted by Crippen LogP contribution is -1.92. The molecule has 0 atom stereocenters.